The van der Waals surface area contributed by atoms with Crippen molar-refractivity contribution in [2.24, 2.45) is 0 Å². The average molecular weight is 455 g/mol. The molecule has 172 valence electrons. The van der Waals surface area contributed by atoms with Crippen molar-refractivity contribution in [2.75, 3.05) is 49.5 Å². The second-order valence-electron chi connectivity index (χ2n) is 8.53. The number of hydrogen-bond donors (Lipinski definition) is 3. The van der Waals surface area contributed by atoms with Crippen LogP contribution in [0.15, 0.2) is 67.3 Å². The summed E-state index contributed by atoms with van der Waals surface area (Å²) in [4.78, 5) is 14.1. The standard InChI is InChI=1S/C25H26N8O/c34-14-13-31-9-11-32(12-10-31)21-5-3-20(4-6-21)28-24-25-26-7-8-33(25)17-23(29-24)18-1-2-19-16-27-30-22(19)15-18/h1-8,15-17,34H,9-14H2,(H,27,30)(H,28,29). The van der Waals surface area contributed by atoms with Crippen molar-refractivity contribution >= 4 is 33.7 Å². The Labute approximate surface area is 196 Å². The van der Waals surface area contributed by atoms with Crippen LogP contribution in [0.4, 0.5) is 17.2 Å². The molecule has 6 rings (SSSR count). The molecular weight excluding hydrogens is 428 g/mol. The molecule has 9 heteroatoms. The molecule has 1 aliphatic rings. The summed E-state index contributed by atoms with van der Waals surface area (Å²) in [5.74, 6) is 0.706. The van der Waals surface area contributed by atoms with Crippen LogP contribution < -0.4 is 10.2 Å². The van der Waals surface area contributed by atoms with Gasteiger partial charge in [-0.3, -0.25) is 10.00 Å². The normalized spacial score (nSPS) is 14.8. The Kier molecular flexibility index (Phi) is 5.32. The topological polar surface area (TPSA) is 97.6 Å². The van der Waals surface area contributed by atoms with Crippen molar-refractivity contribution in [3.05, 3.63) is 67.3 Å². The molecule has 0 atom stereocenters. The van der Waals surface area contributed by atoms with Gasteiger partial charge in [-0.15, -0.1) is 0 Å². The molecule has 0 spiro atoms. The SMILES string of the molecule is OCCN1CCN(c2ccc(Nc3nc(-c4ccc5cn[nH]c5c4)cn4ccnc34)cc2)CC1. The second kappa shape index (κ2) is 8.77. The number of hydrogen-bond acceptors (Lipinski definition) is 7. The first-order valence-corrected chi connectivity index (χ1v) is 11.5. The van der Waals surface area contributed by atoms with E-state index in [-0.39, 0.29) is 6.61 Å². The van der Waals surface area contributed by atoms with Gasteiger partial charge in [0.15, 0.2) is 11.5 Å². The van der Waals surface area contributed by atoms with E-state index in [2.05, 4.69) is 66.7 Å². The van der Waals surface area contributed by atoms with Crippen LogP contribution in [0.3, 0.4) is 0 Å². The zero-order chi connectivity index (χ0) is 22.9. The maximum atomic E-state index is 9.14. The van der Waals surface area contributed by atoms with E-state index in [9.17, 15) is 0 Å². The molecule has 0 saturated carbocycles. The number of anilines is 3. The lowest BCUT2D eigenvalue weighted by molar-refractivity contribution is 0.189. The van der Waals surface area contributed by atoms with Crippen molar-refractivity contribution in [1.29, 1.82) is 0 Å². The quantitative estimate of drug-likeness (QED) is 0.363. The van der Waals surface area contributed by atoms with Crippen molar-refractivity contribution in [1.82, 2.24) is 29.5 Å². The molecule has 1 fully saturated rings. The number of benzene rings is 2. The van der Waals surface area contributed by atoms with E-state index in [1.54, 1.807) is 6.20 Å². The number of nitrogens with zero attached hydrogens (tertiary/aromatic N) is 6. The van der Waals surface area contributed by atoms with Gasteiger partial charge >= 0.3 is 0 Å². The number of rotatable bonds is 6. The average Bonchev–Trinajstić information content (AvgIpc) is 3.54. The Balaban J connectivity index is 1.24. The molecule has 1 saturated heterocycles. The van der Waals surface area contributed by atoms with Crippen LogP contribution in [0.2, 0.25) is 0 Å². The van der Waals surface area contributed by atoms with Gasteiger partial charge in [-0.25, -0.2) is 9.97 Å². The minimum Gasteiger partial charge on any atom is -0.395 e. The highest BCUT2D eigenvalue weighted by atomic mass is 16.3. The van der Waals surface area contributed by atoms with E-state index in [0.717, 1.165) is 66.2 Å². The van der Waals surface area contributed by atoms with Crippen LogP contribution in [0.1, 0.15) is 0 Å². The molecule has 2 aromatic carbocycles. The molecule has 0 radical (unpaired) electrons. The Morgan fingerprint density at radius 2 is 1.88 bits per heavy atom. The molecule has 0 unspecified atom stereocenters. The number of piperazine rings is 1. The third-order valence-electron chi connectivity index (χ3n) is 6.40. The third-order valence-corrected chi connectivity index (χ3v) is 6.40. The fourth-order valence-corrected chi connectivity index (χ4v) is 4.51. The number of H-pyrrole nitrogens is 1. The van der Waals surface area contributed by atoms with Crippen LogP contribution in [0.5, 0.6) is 0 Å². The van der Waals surface area contributed by atoms with Crippen molar-refractivity contribution in [3.8, 4) is 11.3 Å². The smallest absolute Gasteiger partial charge is 0.180 e. The summed E-state index contributed by atoms with van der Waals surface area (Å²) >= 11 is 0. The Morgan fingerprint density at radius 1 is 1.03 bits per heavy atom. The minimum absolute atomic E-state index is 0.219. The summed E-state index contributed by atoms with van der Waals surface area (Å²) in [6.07, 6.45) is 7.52. The number of fused-ring (bicyclic) bond motifs is 2. The Bertz CT molecular complexity index is 1420. The lowest BCUT2D eigenvalue weighted by Crippen LogP contribution is -2.47. The Hall–Kier alpha value is -3.95. The molecule has 1 aliphatic heterocycles. The second-order valence-corrected chi connectivity index (χ2v) is 8.53. The third kappa shape index (κ3) is 3.95. The number of imidazole rings is 1. The molecule has 9 nitrogen and oxygen atoms in total. The molecule has 5 aromatic rings. The predicted octanol–water partition coefficient (Wildman–Crippen LogP) is 3.13. The molecular formula is C25H26N8O. The van der Waals surface area contributed by atoms with Gasteiger partial charge in [-0.05, 0) is 30.3 Å². The first-order chi connectivity index (χ1) is 16.8. The number of aromatic amines is 1. The minimum atomic E-state index is 0.219. The lowest BCUT2D eigenvalue weighted by Gasteiger charge is -2.35. The molecule has 3 N–H and O–H groups in total. The van der Waals surface area contributed by atoms with Crippen LogP contribution in [-0.2, 0) is 0 Å². The Morgan fingerprint density at radius 3 is 2.71 bits per heavy atom. The van der Waals surface area contributed by atoms with Crippen molar-refractivity contribution in [3.63, 3.8) is 0 Å². The van der Waals surface area contributed by atoms with Gasteiger partial charge in [0.2, 0.25) is 0 Å². The number of β-amino-alcohol motifs (C(OH)–C–C–N with tert-alkyl or cyclic N) is 1. The van der Waals surface area contributed by atoms with E-state index in [4.69, 9.17) is 10.1 Å². The summed E-state index contributed by atoms with van der Waals surface area (Å²) in [5, 5.41) is 20.8. The van der Waals surface area contributed by atoms with Gasteiger partial charge < -0.3 is 19.7 Å². The fourth-order valence-electron chi connectivity index (χ4n) is 4.51. The molecule has 0 aliphatic carbocycles. The fraction of sp³-hybridized carbons (Fsp3) is 0.240. The molecule has 34 heavy (non-hydrogen) atoms. The van der Waals surface area contributed by atoms with Gasteiger partial charge in [-0.1, -0.05) is 12.1 Å². The van der Waals surface area contributed by atoms with Gasteiger partial charge in [0.05, 0.1) is 24.0 Å². The summed E-state index contributed by atoms with van der Waals surface area (Å²) in [6, 6.07) is 14.6. The monoisotopic (exact) mass is 454 g/mol. The maximum Gasteiger partial charge on any atom is 0.180 e. The molecule has 4 heterocycles. The largest absolute Gasteiger partial charge is 0.395 e. The van der Waals surface area contributed by atoms with E-state index >= 15 is 0 Å². The number of nitrogens with one attached hydrogen (secondary N) is 2. The van der Waals surface area contributed by atoms with Crippen LogP contribution >= 0.6 is 0 Å². The summed E-state index contributed by atoms with van der Waals surface area (Å²) in [7, 11) is 0. The van der Waals surface area contributed by atoms with E-state index in [0.29, 0.717) is 5.82 Å². The van der Waals surface area contributed by atoms with Crippen molar-refractivity contribution < 1.29 is 5.11 Å². The highest BCUT2D eigenvalue weighted by Gasteiger charge is 2.17. The molecule has 0 amide bonds. The van der Waals surface area contributed by atoms with E-state index in [1.165, 1.54) is 5.69 Å². The van der Waals surface area contributed by atoms with Crippen molar-refractivity contribution in [2.45, 2.75) is 0 Å². The summed E-state index contributed by atoms with van der Waals surface area (Å²) in [5.41, 5.74) is 5.77. The van der Waals surface area contributed by atoms with E-state index < -0.39 is 0 Å². The first kappa shape index (κ1) is 20.6. The summed E-state index contributed by atoms with van der Waals surface area (Å²) in [6.45, 7) is 4.84. The zero-order valence-electron chi connectivity index (χ0n) is 18.7. The first-order valence-electron chi connectivity index (χ1n) is 11.5. The van der Waals surface area contributed by atoms with Gasteiger partial charge in [0.25, 0.3) is 0 Å². The number of aliphatic hydroxyl groups excluding tert-OH is 1. The van der Waals surface area contributed by atoms with Crippen LogP contribution in [0, 0.1) is 0 Å². The van der Waals surface area contributed by atoms with Gasteiger partial charge in [-0.2, -0.15) is 5.10 Å². The lowest BCUT2D eigenvalue weighted by atomic mass is 10.1. The predicted molar refractivity (Wildman–Crippen MR) is 134 cm³/mol. The highest BCUT2D eigenvalue weighted by molar-refractivity contribution is 5.84. The molecule has 0 bridgehead atoms. The summed E-state index contributed by atoms with van der Waals surface area (Å²) < 4.78 is 1.99. The number of aromatic nitrogens is 5. The number of aliphatic hydroxyl groups is 1. The van der Waals surface area contributed by atoms with Crippen LogP contribution in [0.25, 0.3) is 27.8 Å². The zero-order valence-corrected chi connectivity index (χ0v) is 18.7. The van der Waals surface area contributed by atoms with Gasteiger partial charge in [0, 0.05) is 73.6 Å². The maximum absolute atomic E-state index is 9.14. The van der Waals surface area contributed by atoms with Crippen LogP contribution in [-0.4, -0.2) is 73.9 Å². The molecule has 3 aromatic heterocycles. The van der Waals surface area contributed by atoms with E-state index in [1.807, 2.05) is 29.1 Å². The van der Waals surface area contributed by atoms with Gasteiger partial charge in [0.1, 0.15) is 0 Å². The highest BCUT2D eigenvalue weighted by Crippen LogP contribution is 2.27.